The van der Waals surface area contributed by atoms with Crippen molar-refractivity contribution in [2.24, 2.45) is 0 Å². The monoisotopic (exact) mass is 462 g/mol. The molecule has 0 unspecified atom stereocenters. The number of fused-ring (bicyclic) bond motifs is 1. The molecule has 4 aromatic rings. The zero-order chi connectivity index (χ0) is 20.7. The Balaban J connectivity index is 1.55. The summed E-state index contributed by atoms with van der Waals surface area (Å²) >= 11 is 3.68. The van der Waals surface area contributed by atoms with Crippen LogP contribution in [0.2, 0.25) is 0 Å². The second kappa shape index (κ2) is 7.81. The van der Waals surface area contributed by atoms with Gasteiger partial charge in [0.15, 0.2) is 5.65 Å². The summed E-state index contributed by atoms with van der Waals surface area (Å²) in [5.41, 5.74) is 12.2. The molecule has 4 heterocycles. The number of piperidine rings is 1. The van der Waals surface area contributed by atoms with Crippen LogP contribution < -0.4 is 5.73 Å². The number of halogens is 1. The third-order valence-electron chi connectivity index (χ3n) is 5.90. The zero-order valence-electron chi connectivity index (χ0n) is 16.8. The van der Waals surface area contributed by atoms with Gasteiger partial charge in [0.25, 0.3) is 0 Å². The quantitative estimate of drug-likeness (QED) is 0.481. The Kier molecular flexibility index (Phi) is 5.00. The molecule has 0 radical (unpaired) electrons. The Bertz CT molecular complexity index is 1180. The zero-order valence-corrected chi connectivity index (χ0v) is 18.4. The Hall–Kier alpha value is -2.77. The fourth-order valence-corrected chi connectivity index (χ4v) is 4.68. The first-order valence-electron chi connectivity index (χ1n) is 10.1. The van der Waals surface area contributed by atoms with Crippen LogP contribution in [0.25, 0.3) is 28.0 Å². The van der Waals surface area contributed by atoms with Crippen LogP contribution in [0.4, 0.5) is 5.82 Å². The van der Waals surface area contributed by atoms with Crippen molar-refractivity contribution >= 4 is 27.4 Å². The van der Waals surface area contributed by atoms with E-state index in [9.17, 15) is 0 Å². The van der Waals surface area contributed by atoms with Gasteiger partial charge in [0.05, 0.1) is 22.1 Å². The smallest absolute Gasteiger partial charge is 0.165 e. The Labute approximate surface area is 183 Å². The third kappa shape index (κ3) is 3.38. The number of anilines is 1. The maximum Gasteiger partial charge on any atom is 0.165 e. The number of likely N-dealkylation sites (tertiary alicyclic amines) is 1. The first-order valence-corrected chi connectivity index (χ1v) is 10.9. The minimum absolute atomic E-state index is 0.393. The summed E-state index contributed by atoms with van der Waals surface area (Å²) in [5.74, 6) is 0.984. The normalized spacial score (nSPS) is 15.7. The summed E-state index contributed by atoms with van der Waals surface area (Å²) in [5, 5.41) is 4.50. The minimum Gasteiger partial charge on any atom is -0.383 e. The highest BCUT2D eigenvalue weighted by Gasteiger charge is 2.25. The first kappa shape index (κ1) is 19.2. The van der Waals surface area contributed by atoms with Crippen LogP contribution in [0.1, 0.15) is 24.5 Å². The van der Waals surface area contributed by atoms with Gasteiger partial charge in [-0.15, -0.1) is 0 Å². The van der Waals surface area contributed by atoms with E-state index in [1.807, 2.05) is 36.7 Å². The Morgan fingerprint density at radius 2 is 1.77 bits per heavy atom. The molecule has 6 nitrogen and oxygen atoms in total. The number of nitrogens with two attached hydrogens (primary N) is 1. The molecule has 3 aromatic heterocycles. The minimum atomic E-state index is 0.393. The maximum atomic E-state index is 6.43. The molecule has 1 aliphatic heterocycles. The Morgan fingerprint density at radius 3 is 2.47 bits per heavy atom. The molecule has 30 heavy (non-hydrogen) atoms. The van der Waals surface area contributed by atoms with Gasteiger partial charge in [-0.3, -0.25) is 4.98 Å². The predicted octanol–water partition coefficient (Wildman–Crippen LogP) is 4.61. The largest absolute Gasteiger partial charge is 0.383 e. The van der Waals surface area contributed by atoms with Crippen molar-refractivity contribution in [3.05, 3.63) is 65.0 Å². The van der Waals surface area contributed by atoms with Gasteiger partial charge >= 0.3 is 0 Å². The SMILES string of the molecule is CN1CCC(c2nc3c(-c4ccc(-c5ccccc5)nc4)cnn3c(N)c2Br)CC1. The summed E-state index contributed by atoms with van der Waals surface area (Å²) in [6.45, 7) is 2.14. The number of nitrogens with zero attached hydrogens (tertiary/aromatic N) is 5. The van der Waals surface area contributed by atoms with Gasteiger partial charge in [-0.2, -0.15) is 9.61 Å². The van der Waals surface area contributed by atoms with Crippen LogP contribution in [0.5, 0.6) is 0 Å². The summed E-state index contributed by atoms with van der Waals surface area (Å²) in [4.78, 5) is 12.0. The molecule has 5 rings (SSSR count). The van der Waals surface area contributed by atoms with Crippen molar-refractivity contribution in [2.75, 3.05) is 25.9 Å². The van der Waals surface area contributed by atoms with Crippen LogP contribution in [0.3, 0.4) is 0 Å². The summed E-state index contributed by atoms with van der Waals surface area (Å²) in [6.07, 6.45) is 5.86. The highest BCUT2D eigenvalue weighted by Crippen LogP contribution is 2.36. The number of aromatic nitrogens is 4. The average Bonchev–Trinajstić information content (AvgIpc) is 3.22. The standard InChI is InChI=1S/C23H23BrN6/c1-29-11-9-16(10-12-29)21-20(24)22(25)30-23(28-21)18(14-27-30)17-7-8-19(26-13-17)15-5-3-2-4-6-15/h2-8,13-14,16H,9-12,25H2,1H3. The average molecular weight is 463 g/mol. The lowest BCUT2D eigenvalue weighted by molar-refractivity contribution is 0.253. The van der Waals surface area contributed by atoms with E-state index in [2.05, 4.69) is 56.2 Å². The van der Waals surface area contributed by atoms with Crippen LogP contribution >= 0.6 is 15.9 Å². The highest BCUT2D eigenvalue weighted by atomic mass is 79.9. The molecule has 7 heteroatoms. The highest BCUT2D eigenvalue weighted by molar-refractivity contribution is 9.10. The van der Waals surface area contributed by atoms with E-state index in [4.69, 9.17) is 10.7 Å². The molecule has 1 aromatic carbocycles. The number of rotatable bonds is 3. The van der Waals surface area contributed by atoms with E-state index < -0.39 is 0 Å². The van der Waals surface area contributed by atoms with Crippen molar-refractivity contribution in [3.63, 3.8) is 0 Å². The topological polar surface area (TPSA) is 72.3 Å². The van der Waals surface area contributed by atoms with Crippen molar-refractivity contribution < 1.29 is 0 Å². The van der Waals surface area contributed by atoms with Crippen LogP contribution in [-0.2, 0) is 0 Å². The van der Waals surface area contributed by atoms with Gasteiger partial charge in [-0.1, -0.05) is 36.4 Å². The molecule has 0 aliphatic carbocycles. The fourth-order valence-electron chi connectivity index (χ4n) is 4.10. The van der Waals surface area contributed by atoms with Crippen molar-refractivity contribution in [1.82, 2.24) is 24.5 Å². The van der Waals surface area contributed by atoms with E-state index in [1.165, 1.54) is 0 Å². The number of hydrogen-bond acceptors (Lipinski definition) is 5. The third-order valence-corrected chi connectivity index (χ3v) is 6.71. The van der Waals surface area contributed by atoms with Gasteiger partial charge in [0, 0.05) is 28.8 Å². The van der Waals surface area contributed by atoms with E-state index >= 15 is 0 Å². The van der Waals surface area contributed by atoms with Crippen LogP contribution in [0.15, 0.2) is 59.3 Å². The molecule has 0 saturated carbocycles. The fraction of sp³-hybridized carbons (Fsp3) is 0.261. The molecule has 1 fully saturated rings. The van der Waals surface area contributed by atoms with E-state index in [-0.39, 0.29) is 0 Å². The van der Waals surface area contributed by atoms with Crippen LogP contribution in [0, 0.1) is 0 Å². The molecule has 0 bridgehead atoms. The van der Waals surface area contributed by atoms with Gasteiger partial charge in [-0.25, -0.2) is 4.98 Å². The van der Waals surface area contributed by atoms with E-state index in [1.54, 1.807) is 4.52 Å². The number of pyridine rings is 1. The Morgan fingerprint density at radius 1 is 1.00 bits per heavy atom. The number of nitrogen functional groups attached to an aromatic ring is 1. The lowest BCUT2D eigenvalue weighted by Gasteiger charge is -2.29. The molecule has 0 atom stereocenters. The summed E-state index contributed by atoms with van der Waals surface area (Å²) in [7, 11) is 2.16. The molecule has 0 spiro atoms. The molecular formula is C23H23BrN6. The molecule has 1 aliphatic rings. The predicted molar refractivity (Wildman–Crippen MR) is 123 cm³/mol. The number of hydrogen-bond donors (Lipinski definition) is 1. The van der Waals surface area contributed by atoms with Crippen LogP contribution in [-0.4, -0.2) is 44.6 Å². The second-order valence-electron chi connectivity index (χ2n) is 7.87. The molecular weight excluding hydrogens is 440 g/mol. The van der Waals surface area contributed by atoms with Gasteiger partial charge in [-0.05, 0) is 55.0 Å². The van der Waals surface area contributed by atoms with Gasteiger partial charge in [0.2, 0.25) is 0 Å². The lowest BCUT2D eigenvalue weighted by atomic mass is 9.93. The van der Waals surface area contributed by atoms with Crippen molar-refractivity contribution in [1.29, 1.82) is 0 Å². The van der Waals surface area contributed by atoms with Crippen molar-refractivity contribution in [3.8, 4) is 22.4 Å². The second-order valence-corrected chi connectivity index (χ2v) is 8.66. The molecule has 2 N–H and O–H groups in total. The summed E-state index contributed by atoms with van der Waals surface area (Å²) < 4.78 is 2.57. The molecule has 152 valence electrons. The molecule has 1 saturated heterocycles. The first-order chi connectivity index (χ1) is 14.6. The van der Waals surface area contributed by atoms with E-state index in [0.717, 1.165) is 64.1 Å². The lowest BCUT2D eigenvalue weighted by Crippen LogP contribution is -2.30. The van der Waals surface area contributed by atoms with E-state index in [0.29, 0.717) is 11.7 Å². The van der Waals surface area contributed by atoms with Gasteiger partial charge in [0.1, 0.15) is 5.82 Å². The number of benzene rings is 1. The van der Waals surface area contributed by atoms with Gasteiger partial charge < -0.3 is 10.6 Å². The maximum absolute atomic E-state index is 6.43. The molecule has 0 amide bonds. The summed E-state index contributed by atoms with van der Waals surface area (Å²) in [6, 6.07) is 14.3. The van der Waals surface area contributed by atoms with Crippen molar-refractivity contribution in [2.45, 2.75) is 18.8 Å².